The maximum absolute atomic E-state index is 12.5. The number of ether oxygens (including phenoxy) is 1. The molecule has 4 nitrogen and oxygen atoms in total. The Morgan fingerprint density at radius 1 is 1.33 bits per heavy atom. The maximum Gasteiger partial charge on any atom is 0.237 e. The number of amides is 1. The van der Waals surface area contributed by atoms with Crippen LogP contribution in [0.25, 0.3) is 0 Å². The van der Waals surface area contributed by atoms with Crippen LogP contribution in [0.2, 0.25) is 0 Å². The molecule has 2 aliphatic rings. The van der Waals surface area contributed by atoms with Gasteiger partial charge in [0.1, 0.15) is 0 Å². The maximum atomic E-state index is 12.5. The summed E-state index contributed by atoms with van der Waals surface area (Å²) in [6.45, 7) is 2.80. The molecule has 24 heavy (non-hydrogen) atoms. The van der Waals surface area contributed by atoms with Crippen LogP contribution < -0.4 is 11.1 Å². The molecule has 0 aromatic heterocycles. The summed E-state index contributed by atoms with van der Waals surface area (Å²) in [5.41, 5.74) is 7.38. The molecule has 3 rings (SSSR count). The molecule has 1 aromatic rings. The van der Waals surface area contributed by atoms with Crippen molar-refractivity contribution in [2.24, 2.45) is 11.1 Å². The molecular weight excluding hydrogens is 324 g/mol. The van der Waals surface area contributed by atoms with E-state index in [2.05, 4.69) is 5.32 Å². The van der Waals surface area contributed by atoms with Gasteiger partial charge in [-0.3, -0.25) is 4.79 Å². The van der Waals surface area contributed by atoms with Gasteiger partial charge in [0, 0.05) is 18.1 Å². The predicted octanol–water partition coefficient (Wildman–Crippen LogP) is 2.83. The Labute approximate surface area is 150 Å². The van der Waals surface area contributed by atoms with E-state index in [1.54, 1.807) is 0 Å². The lowest BCUT2D eigenvalue weighted by Gasteiger charge is -2.54. The molecule has 2 aliphatic carbocycles. The highest BCUT2D eigenvalue weighted by atomic mass is 35.5. The Morgan fingerprint density at radius 2 is 2.00 bits per heavy atom. The fraction of sp³-hybridized carbons (Fsp3) is 0.632. The normalized spacial score (nSPS) is 25.6. The van der Waals surface area contributed by atoms with Gasteiger partial charge >= 0.3 is 0 Å². The van der Waals surface area contributed by atoms with Crippen LogP contribution in [0.1, 0.15) is 44.6 Å². The molecule has 2 unspecified atom stereocenters. The van der Waals surface area contributed by atoms with Gasteiger partial charge in [-0.25, -0.2) is 0 Å². The minimum absolute atomic E-state index is 0. The molecule has 2 fully saturated rings. The van der Waals surface area contributed by atoms with E-state index in [9.17, 15) is 4.79 Å². The van der Waals surface area contributed by atoms with Crippen molar-refractivity contribution in [2.45, 2.75) is 63.6 Å². The van der Waals surface area contributed by atoms with E-state index in [4.69, 9.17) is 10.5 Å². The van der Waals surface area contributed by atoms with Crippen LogP contribution in [0, 0.1) is 5.41 Å². The Kier molecular flexibility index (Phi) is 6.67. The van der Waals surface area contributed by atoms with Crippen LogP contribution in [0.3, 0.4) is 0 Å². The summed E-state index contributed by atoms with van der Waals surface area (Å²) in [6, 6.07) is 9.71. The van der Waals surface area contributed by atoms with Crippen molar-refractivity contribution in [3.8, 4) is 0 Å². The number of halogens is 1. The predicted molar refractivity (Wildman–Crippen MR) is 98.2 cm³/mol. The molecule has 3 atom stereocenters. The van der Waals surface area contributed by atoms with Crippen molar-refractivity contribution < 1.29 is 9.53 Å². The van der Waals surface area contributed by atoms with Crippen molar-refractivity contribution >= 4 is 18.3 Å². The Balaban J connectivity index is 0.00000208. The van der Waals surface area contributed by atoms with Gasteiger partial charge in [0.05, 0.1) is 12.1 Å². The average molecular weight is 353 g/mol. The quantitative estimate of drug-likeness (QED) is 0.827. The zero-order chi connectivity index (χ0) is 16.3. The molecule has 1 aromatic carbocycles. The number of nitrogens with two attached hydrogens (primary N) is 1. The van der Waals surface area contributed by atoms with E-state index in [-0.39, 0.29) is 29.8 Å². The Hall–Kier alpha value is -1.10. The van der Waals surface area contributed by atoms with Crippen LogP contribution in [-0.4, -0.2) is 30.7 Å². The van der Waals surface area contributed by atoms with Gasteiger partial charge in [-0.05, 0) is 38.2 Å². The van der Waals surface area contributed by atoms with Crippen LogP contribution >= 0.6 is 12.4 Å². The minimum Gasteiger partial charge on any atom is -0.378 e. The number of carbonyl (C=O) groups excluding carboxylic acids is 1. The second-order valence-electron chi connectivity index (χ2n) is 6.98. The summed E-state index contributed by atoms with van der Waals surface area (Å²) in [7, 11) is 0. The van der Waals surface area contributed by atoms with E-state index in [1.807, 2.05) is 37.3 Å². The van der Waals surface area contributed by atoms with Crippen molar-refractivity contribution in [1.29, 1.82) is 0 Å². The van der Waals surface area contributed by atoms with Crippen molar-refractivity contribution in [2.75, 3.05) is 6.61 Å². The molecule has 3 N–H and O–H groups in total. The first-order valence-corrected chi connectivity index (χ1v) is 8.87. The molecule has 0 bridgehead atoms. The SMILES string of the molecule is CCOC1CC(NC(=O)[C@@H](N)Cc2ccccc2)C12CCCC2.Cl. The molecule has 0 radical (unpaired) electrons. The lowest BCUT2D eigenvalue weighted by Crippen LogP contribution is -2.65. The molecule has 0 aliphatic heterocycles. The molecule has 5 heteroatoms. The Morgan fingerprint density at radius 3 is 2.62 bits per heavy atom. The van der Waals surface area contributed by atoms with Crippen LogP contribution in [0.4, 0.5) is 0 Å². The number of nitrogens with one attached hydrogen (secondary N) is 1. The van der Waals surface area contributed by atoms with Gasteiger partial charge in [-0.2, -0.15) is 0 Å². The average Bonchev–Trinajstić information content (AvgIpc) is 3.07. The second-order valence-corrected chi connectivity index (χ2v) is 6.98. The highest BCUT2D eigenvalue weighted by Crippen LogP contribution is 2.54. The van der Waals surface area contributed by atoms with Gasteiger partial charge in [-0.15, -0.1) is 12.4 Å². The third-order valence-corrected chi connectivity index (χ3v) is 5.64. The fourth-order valence-corrected chi connectivity index (χ4v) is 4.33. The van der Waals surface area contributed by atoms with Crippen LogP contribution in [0.5, 0.6) is 0 Å². The monoisotopic (exact) mass is 352 g/mol. The van der Waals surface area contributed by atoms with Crippen LogP contribution in [-0.2, 0) is 16.0 Å². The first-order valence-electron chi connectivity index (χ1n) is 8.87. The second kappa shape index (κ2) is 8.32. The summed E-state index contributed by atoms with van der Waals surface area (Å²) < 4.78 is 5.90. The van der Waals surface area contributed by atoms with Crippen molar-refractivity contribution in [1.82, 2.24) is 5.32 Å². The summed E-state index contributed by atoms with van der Waals surface area (Å²) in [6.07, 6.45) is 6.63. The standard InChI is InChI=1S/C19H28N2O2.ClH/c1-2-23-17-13-16(19(17)10-6-7-11-19)21-18(22)15(20)12-14-8-4-3-5-9-14;/h3-5,8-9,15-17H,2,6-7,10-13,20H2,1H3,(H,21,22);1H/t15-,16?,17?;/m0./s1. The fourth-order valence-electron chi connectivity index (χ4n) is 4.33. The number of hydrogen-bond acceptors (Lipinski definition) is 3. The summed E-state index contributed by atoms with van der Waals surface area (Å²) in [5, 5.41) is 3.21. The molecule has 2 saturated carbocycles. The van der Waals surface area contributed by atoms with E-state index >= 15 is 0 Å². The van der Waals surface area contributed by atoms with Gasteiger partial charge in [0.25, 0.3) is 0 Å². The zero-order valence-corrected chi connectivity index (χ0v) is 15.2. The lowest BCUT2D eigenvalue weighted by atomic mass is 9.60. The molecule has 1 amide bonds. The number of benzene rings is 1. The number of rotatable bonds is 6. The lowest BCUT2D eigenvalue weighted by molar-refractivity contribution is -0.144. The van der Waals surface area contributed by atoms with E-state index in [0.717, 1.165) is 31.4 Å². The minimum atomic E-state index is -0.484. The molecule has 1 spiro atoms. The first-order chi connectivity index (χ1) is 11.2. The zero-order valence-electron chi connectivity index (χ0n) is 14.4. The molecule has 134 valence electrons. The van der Waals surface area contributed by atoms with E-state index in [0.29, 0.717) is 12.5 Å². The summed E-state index contributed by atoms with van der Waals surface area (Å²) in [5.74, 6) is -0.0277. The van der Waals surface area contributed by atoms with Gasteiger partial charge in [-0.1, -0.05) is 43.2 Å². The Bertz CT molecular complexity index is 531. The highest BCUT2D eigenvalue weighted by Gasteiger charge is 2.57. The van der Waals surface area contributed by atoms with Crippen molar-refractivity contribution in [3.63, 3.8) is 0 Å². The first kappa shape index (κ1) is 19.2. The number of hydrogen-bond donors (Lipinski definition) is 2. The highest BCUT2D eigenvalue weighted by molar-refractivity contribution is 5.85. The summed E-state index contributed by atoms with van der Waals surface area (Å²) >= 11 is 0. The van der Waals surface area contributed by atoms with Gasteiger partial charge in [0.15, 0.2) is 0 Å². The number of carbonyl (C=O) groups is 1. The third-order valence-electron chi connectivity index (χ3n) is 5.64. The van der Waals surface area contributed by atoms with Crippen molar-refractivity contribution in [3.05, 3.63) is 35.9 Å². The summed E-state index contributed by atoms with van der Waals surface area (Å²) in [4.78, 5) is 12.5. The third kappa shape index (κ3) is 3.76. The van der Waals surface area contributed by atoms with E-state index in [1.165, 1.54) is 12.8 Å². The van der Waals surface area contributed by atoms with Gasteiger partial charge < -0.3 is 15.8 Å². The topological polar surface area (TPSA) is 64.3 Å². The molecular formula is C19H29ClN2O2. The molecule has 0 saturated heterocycles. The smallest absolute Gasteiger partial charge is 0.237 e. The molecule has 0 heterocycles. The van der Waals surface area contributed by atoms with E-state index < -0.39 is 6.04 Å². The van der Waals surface area contributed by atoms with Crippen LogP contribution in [0.15, 0.2) is 30.3 Å². The largest absolute Gasteiger partial charge is 0.378 e. The van der Waals surface area contributed by atoms with Gasteiger partial charge in [0.2, 0.25) is 5.91 Å².